The van der Waals surface area contributed by atoms with Gasteiger partial charge in [-0.25, -0.2) is 4.79 Å². The number of carbonyl (C=O) groups excluding carboxylic acids is 7. The van der Waals surface area contributed by atoms with Crippen molar-refractivity contribution in [3.63, 3.8) is 0 Å². The van der Waals surface area contributed by atoms with Gasteiger partial charge in [0, 0.05) is 12.8 Å². The second kappa shape index (κ2) is 19.8. The molecule has 5 atom stereocenters. The fourth-order valence-corrected chi connectivity index (χ4v) is 4.81. The van der Waals surface area contributed by atoms with E-state index in [0.29, 0.717) is 11.1 Å². The molecule has 51 heavy (non-hydrogen) atoms. The third kappa shape index (κ3) is 14.1. The quantitative estimate of drug-likeness (QED) is 0.0641. The number of quaternary nitrogens is 1. The van der Waals surface area contributed by atoms with Crippen LogP contribution in [0.1, 0.15) is 37.8 Å². The summed E-state index contributed by atoms with van der Waals surface area (Å²) in [6, 6.07) is 6.79. The molecule has 0 saturated carbocycles. The van der Waals surface area contributed by atoms with Crippen LogP contribution in [0.3, 0.4) is 0 Å². The Bertz CT molecular complexity index is 1570. The van der Waals surface area contributed by atoms with Gasteiger partial charge in [0.1, 0.15) is 36.0 Å². The van der Waals surface area contributed by atoms with Crippen LogP contribution in [-0.2, 0) is 51.2 Å². The first kappa shape index (κ1) is 41.1. The Labute approximate surface area is 293 Å². The molecule has 0 heterocycles. The monoisotopic (exact) mass is 713 g/mol. The SMILES string of the molecule is CC(C)[C@H](NC(=O)[C@H](CC(N)=O)NC(=O)[C@H](Cc1ccc(O)cc1)NC(=O)[C@H](CC(N)=O)NC(=O)C[NH3+])C(=O)N[C@@H](Cc1ccccc1)C(=O)O. The molecule has 7 amide bonds. The molecule has 0 aliphatic heterocycles. The molecule has 0 aliphatic rings. The largest absolute Gasteiger partial charge is 0.508 e. The number of nitrogens with two attached hydrogens (primary N) is 2. The van der Waals surface area contributed by atoms with Crippen LogP contribution in [0.2, 0.25) is 0 Å². The molecule has 0 fully saturated rings. The van der Waals surface area contributed by atoms with Crippen molar-refractivity contribution >= 4 is 47.3 Å². The standard InChI is InChI=1S/C33H44N8O10/c1-17(2)28(32(49)40-24(33(50)51)13-18-6-4-3-5-7-18)41-31(48)23(15-26(36)44)39-29(46)21(12-19-8-10-20(42)11-9-19)38-30(47)22(14-25(35)43)37-27(45)16-34/h3-11,17,21-24,28,42H,12-16,34H2,1-2H3,(H2,35,43)(H2,36,44)(H,37,45)(H,38,47)(H,39,46)(H,40,49)(H,41,48)(H,50,51)/p+1/t21-,22-,23-,24-,28-/m0/s1. The first-order valence-corrected chi connectivity index (χ1v) is 15.9. The van der Waals surface area contributed by atoms with Crippen LogP contribution in [0.5, 0.6) is 5.75 Å². The molecule has 0 spiro atoms. The fourth-order valence-electron chi connectivity index (χ4n) is 4.81. The van der Waals surface area contributed by atoms with Crippen molar-refractivity contribution in [3.05, 3.63) is 65.7 Å². The number of nitrogens with one attached hydrogen (secondary N) is 5. The minimum Gasteiger partial charge on any atom is -0.508 e. The number of hydrogen-bond donors (Lipinski definition) is 10. The number of phenols is 1. The minimum absolute atomic E-state index is 0.0471. The van der Waals surface area contributed by atoms with Gasteiger partial charge in [-0.05, 0) is 29.2 Å². The second-order valence-electron chi connectivity index (χ2n) is 12.0. The number of rotatable bonds is 20. The highest BCUT2D eigenvalue weighted by Crippen LogP contribution is 2.13. The van der Waals surface area contributed by atoms with Crippen LogP contribution < -0.4 is 43.8 Å². The Morgan fingerprint density at radius 3 is 1.59 bits per heavy atom. The van der Waals surface area contributed by atoms with Crippen LogP contribution in [0.4, 0.5) is 0 Å². The van der Waals surface area contributed by atoms with Crippen LogP contribution in [-0.4, -0.2) is 94.3 Å². The minimum atomic E-state index is -1.67. The topological polar surface area (TPSA) is 317 Å². The molecule has 2 rings (SSSR count). The van der Waals surface area contributed by atoms with Crippen LogP contribution in [0.25, 0.3) is 0 Å². The van der Waals surface area contributed by atoms with Gasteiger partial charge in [-0.2, -0.15) is 0 Å². The van der Waals surface area contributed by atoms with E-state index in [9.17, 15) is 48.6 Å². The third-order valence-corrected chi connectivity index (χ3v) is 7.48. The van der Waals surface area contributed by atoms with Gasteiger partial charge in [0.25, 0.3) is 5.91 Å². The van der Waals surface area contributed by atoms with Gasteiger partial charge >= 0.3 is 5.97 Å². The molecule has 0 aromatic heterocycles. The smallest absolute Gasteiger partial charge is 0.326 e. The van der Waals surface area contributed by atoms with E-state index in [1.807, 2.05) is 0 Å². The van der Waals surface area contributed by atoms with E-state index in [2.05, 4.69) is 32.3 Å². The molecule has 276 valence electrons. The summed E-state index contributed by atoms with van der Waals surface area (Å²) in [5, 5.41) is 31.4. The molecular formula is C33H45N8O10+. The summed E-state index contributed by atoms with van der Waals surface area (Å²) in [6.45, 7) is 2.89. The summed E-state index contributed by atoms with van der Waals surface area (Å²) < 4.78 is 0. The number of primary amides is 2. The maximum atomic E-state index is 13.7. The molecule has 2 aromatic rings. The molecule has 0 radical (unpaired) electrons. The van der Waals surface area contributed by atoms with E-state index < -0.39 is 96.3 Å². The van der Waals surface area contributed by atoms with Crippen molar-refractivity contribution in [1.82, 2.24) is 26.6 Å². The predicted molar refractivity (Wildman–Crippen MR) is 179 cm³/mol. The van der Waals surface area contributed by atoms with Crippen molar-refractivity contribution < 1.29 is 54.3 Å². The molecule has 0 aliphatic carbocycles. The average Bonchev–Trinajstić information content (AvgIpc) is 3.06. The number of aliphatic carboxylic acids is 1. The van der Waals surface area contributed by atoms with Gasteiger partial charge in [-0.3, -0.25) is 33.6 Å². The number of aromatic hydroxyl groups is 1. The lowest BCUT2D eigenvalue weighted by Crippen LogP contribution is -2.62. The fraction of sp³-hybridized carbons (Fsp3) is 0.394. The molecule has 2 aromatic carbocycles. The van der Waals surface area contributed by atoms with Gasteiger partial charge in [0.05, 0.1) is 12.8 Å². The normalized spacial score (nSPS) is 13.7. The number of phenolic OH excluding ortho intramolecular Hbond substituents is 1. The lowest BCUT2D eigenvalue weighted by atomic mass is 10.00. The number of carboxylic acids is 1. The third-order valence-electron chi connectivity index (χ3n) is 7.48. The van der Waals surface area contributed by atoms with E-state index in [-0.39, 0.29) is 25.1 Å². The molecular weight excluding hydrogens is 668 g/mol. The van der Waals surface area contributed by atoms with Crippen molar-refractivity contribution in [2.45, 2.75) is 69.7 Å². The Morgan fingerprint density at radius 1 is 0.627 bits per heavy atom. The zero-order valence-corrected chi connectivity index (χ0v) is 28.2. The van der Waals surface area contributed by atoms with Crippen molar-refractivity contribution in [2.75, 3.05) is 6.54 Å². The van der Waals surface area contributed by atoms with Crippen molar-refractivity contribution in [1.29, 1.82) is 0 Å². The summed E-state index contributed by atoms with van der Waals surface area (Å²) in [7, 11) is 0. The highest BCUT2D eigenvalue weighted by molar-refractivity contribution is 5.98. The summed E-state index contributed by atoms with van der Waals surface area (Å²) in [5.41, 5.74) is 15.1. The Hall–Kier alpha value is -6.04. The van der Waals surface area contributed by atoms with Gasteiger partial charge in [-0.15, -0.1) is 0 Å². The number of carboxylic acid groups (broad SMARTS) is 1. The molecule has 18 heteroatoms. The summed E-state index contributed by atoms with van der Waals surface area (Å²) in [6.07, 6.45) is -1.64. The van der Waals surface area contributed by atoms with Crippen LogP contribution in [0, 0.1) is 5.92 Å². The van der Waals surface area contributed by atoms with Crippen molar-refractivity contribution in [2.24, 2.45) is 17.4 Å². The predicted octanol–water partition coefficient (Wildman–Crippen LogP) is -3.67. The van der Waals surface area contributed by atoms with Crippen LogP contribution in [0.15, 0.2) is 54.6 Å². The number of benzene rings is 2. The highest BCUT2D eigenvalue weighted by atomic mass is 16.4. The number of hydrogen-bond acceptors (Lipinski definition) is 9. The van der Waals surface area contributed by atoms with Gasteiger partial charge in [0.2, 0.25) is 35.4 Å². The highest BCUT2D eigenvalue weighted by Gasteiger charge is 2.34. The molecule has 0 unspecified atom stereocenters. The summed E-state index contributed by atoms with van der Waals surface area (Å²) in [4.78, 5) is 101. The number of carbonyl (C=O) groups is 8. The van der Waals surface area contributed by atoms with E-state index >= 15 is 0 Å². The van der Waals surface area contributed by atoms with E-state index in [1.165, 1.54) is 24.3 Å². The zero-order valence-electron chi connectivity index (χ0n) is 28.2. The van der Waals surface area contributed by atoms with E-state index in [1.54, 1.807) is 44.2 Å². The lowest BCUT2D eigenvalue weighted by molar-refractivity contribution is -0.355. The summed E-state index contributed by atoms with van der Waals surface area (Å²) in [5.74, 6) is -8.47. The average molecular weight is 714 g/mol. The molecule has 14 N–H and O–H groups in total. The Balaban J connectivity index is 2.33. The Kier molecular flexibility index (Phi) is 16.0. The van der Waals surface area contributed by atoms with Crippen LogP contribution >= 0.6 is 0 Å². The maximum absolute atomic E-state index is 13.7. The van der Waals surface area contributed by atoms with Gasteiger partial charge in [0.15, 0.2) is 6.54 Å². The number of amides is 7. The van der Waals surface area contributed by atoms with Crippen molar-refractivity contribution in [3.8, 4) is 5.75 Å². The van der Waals surface area contributed by atoms with E-state index in [4.69, 9.17) is 11.5 Å². The van der Waals surface area contributed by atoms with Gasteiger partial charge in [-0.1, -0.05) is 56.3 Å². The Morgan fingerprint density at radius 2 is 1.08 bits per heavy atom. The first-order valence-electron chi connectivity index (χ1n) is 15.9. The summed E-state index contributed by atoms with van der Waals surface area (Å²) >= 11 is 0. The molecule has 18 nitrogen and oxygen atoms in total. The second-order valence-corrected chi connectivity index (χ2v) is 12.0. The molecule has 0 bridgehead atoms. The maximum Gasteiger partial charge on any atom is 0.326 e. The van der Waals surface area contributed by atoms with Gasteiger partial charge < -0.3 is 54.0 Å². The molecule has 0 saturated heterocycles. The first-order chi connectivity index (χ1) is 24.0. The van der Waals surface area contributed by atoms with E-state index in [0.717, 1.165) is 0 Å². The zero-order chi connectivity index (χ0) is 38.2. The lowest BCUT2D eigenvalue weighted by Gasteiger charge is -2.28.